The zero-order valence-corrected chi connectivity index (χ0v) is 11.9. The standard InChI is InChI=1S/C15H19N3O2/c1-10(2)20-13-7-5-4-6-11(13)15(16)12-8-9-14(19-3)18-17-12/h4-10,15H,16H2,1-3H3. The van der Waals surface area contributed by atoms with Gasteiger partial charge in [0.25, 0.3) is 0 Å². The van der Waals surface area contributed by atoms with Crippen LogP contribution in [0.4, 0.5) is 0 Å². The quantitative estimate of drug-likeness (QED) is 0.905. The van der Waals surface area contributed by atoms with Crippen LogP contribution in [0.2, 0.25) is 0 Å². The lowest BCUT2D eigenvalue weighted by Gasteiger charge is -2.18. The maximum Gasteiger partial charge on any atom is 0.233 e. The first-order valence-corrected chi connectivity index (χ1v) is 6.50. The molecule has 0 saturated carbocycles. The number of hydrogen-bond donors (Lipinski definition) is 1. The van der Waals surface area contributed by atoms with Crippen LogP contribution in [0.5, 0.6) is 11.6 Å². The number of benzene rings is 1. The van der Waals surface area contributed by atoms with E-state index in [4.69, 9.17) is 15.2 Å². The van der Waals surface area contributed by atoms with Gasteiger partial charge in [-0.1, -0.05) is 18.2 Å². The van der Waals surface area contributed by atoms with Crippen molar-refractivity contribution in [2.24, 2.45) is 5.73 Å². The second-order valence-corrected chi connectivity index (χ2v) is 4.68. The van der Waals surface area contributed by atoms with Crippen molar-refractivity contribution >= 4 is 0 Å². The number of para-hydroxylation sites is 1. The van der Waals surface area contributed by atoms with Gasteiger partial charge in [0.15, 0.2) is 0 Å². The highest BCUT2D eigenvalue weighted by molar-refractivity contribution is 5.39. The Bertz CT molecular complexity index is 555. The SMILES string of the molecule is COc1ccc(C(N)c2ccccc2OC(C)C)nn1. The summed E-state index contributed by atoms with van der Waals surface area (Å²) in [5.74, 6) is 1.24. The molecule has 20 heavy (non-hydrogen) atoms. The normalized spacial score (nSPS) is 12.2. The van der Waals surface area contributed by atoms with Crippen LogP contribution < -0.4 is 15.2 Å². The maximum absolute atomic E-state index is 6.26. The Morgan fingerprint density at radius 1 is 1.05 bits per heavy atom. The fraction of sp³-hybridized carbons (Fsp3) is 0.333. The molecule has 0 bridgehead atoms. The monoisotopic (exact) mass is 273 g/mol. The van der Waals surface area contributed by atoms with E-state index in [0.717, 1.165) is 11.3 Å². The molecular weight excluding hydrogens is 254 g/mol. The number of nitrogens with zero attached hydrogens (tertiary/aromatic N) is 2. The van der Waals surface area contributed by atoms with Crippen molar-refractivity contribution in [3.05, 3.63) is 47.7 Å². The third kappa shape index (κ3) is 3.24. The highest BCUT2D eigenvalue weighted by Crippen LogP contribution is 2.28. The predicted octanol–water partition coefficient (Wildman–Crippen LogP) is 2.32. The zero-order valence-electron chi connectivity index (χ0n) is 11.9. The second-order valence-electron chi connectivity index (χ2n) is 4.68. The van der Waals surface area contributed by atoms with Crippen LogP contribution in [0.15, 0.2) is 36.4 Å². The summed E-state index contributed by atoms with van der Waals surface area (Å²) in [4.78, 5) is 0. The number of methoxy groups -OCH3 is 1. The largest absolute Gasteiger partial charge is 0.491 e. The average Bonchev–Trinajstić information content (AvgIpc) is 2.46. The van der Waals surface area contributed by atoms with Gasteiger partial charge in [-0.25, -0.2) is 0 Å². The van der Waals surface area contributed by atoms with E-state index in [2.05, 4.69) is 10.2 Å². The van der Waals surface area contributed by atoms with Crippen LogP contribution in [-0.4, -0.2) is 23.4 Å². The lowest BCUT2D eigenvalue weighted by atomic mass is 10.0. The third-order valence-corrected chi connectivity index (χ3v) is 2.81. The number of hydrogen-bond acceptors (Lipinski definition) is 5. The van der Waals surface area contributed by atoms with Crippen molar-refractivity contribution < 1.29 is 9.47 Å². The molecule has 0 aliphatic heterocycles. The van der Waals surface area contributed by atoms with Crippen LogP contribution in [-0.2, 0) is 0 Å². The molecule has 106 valence electrons. The van der Waals surface area contributed by atoms with Gasteiger partial charge in [0, 0.05) is 11.6 Å². The Labute approximate surface area is 118 Å². The van der Waals surface area contributed by atoms with Crippen molar-refractivity contribution in [3.63, 3.8) is 0 Å². The smallest absolute Gasteiger partial charge is 0.233 e. The van der Waals surface area contributed by atoms with Gasteiger partial charge in [0.05, 0.1) is 24.9 Å². The molecule has 0 radical (unpaired) electrons. The molecule has 1 atom stereocenters. The Morgan fingerprint density at radius 3 is 2.40 bits per heavy atom. The van der Waals surface area contributed by atoms with Crippen LogP contribution in [0, 0.1) is 0 Å². The van der Waals surface area contributed by atoms with Crippen molar-refractivity contribution in [1.82, 2.24) is 10.2 Å². The topological polar surface area (TPSA) is 70.3 Å². The predicted molar refractivity (Wildman–Crippen MR) is 76.8 cm³/mol. The summed E-state index contributed by atoms with van der Waals surface area (Å²) in [7, 11) is 1.55. The van der Waals surface area contributed by atoms with E-state index in [1.54, 1.807) is 13.2 Å². The molecule has 2 N–H and O–H groups in total. The Hall–Kier alpha value is -2.14. The van der Waals surface area contributed by atoms with Crippen molar-refractivity contribution in [2.75, 3.05) is 7.11 Å². The molecule has 1 heterocycles. The first-order chi connectivity index (χ1) is 9.61. The lowest BCUT2D eigenvalue weighted by molar-refractivity contribution is 0.239. The molecule has 1 aromatic carbocycles. The molecule has 5 nitrogen and oxygen atoms in total. The molecule has 0 saturated heterocycles. The van der Waals surface area contributed by atoms with E-state index in [1.807, 2.05) is 44.2 Å². The third-order valence-electron chi connectivity index (χ3n) is 2.81. The molecule has 2 aromatic rings. The Kier molecular flexibility index (Phi) is 4.53. The van der Waals surface area contributed by atoms with Gasteiger partial charge >= 0.3 is 0 Å². The summed E-state index contributed by atoms with van der Waals surface area (Å²) in [6, 6.07) is 10.9. The van der Waals surface area contributed by atoms with E-state index < -0.39 is 0 Å². The lowest BCUT2D eigenvalue weighted by Crippen LogP contribution is -2.17. The van der Waals surface area contributed by atoms with E-state index in [9.17, 15) is 0 Å². The molecule has 5 heteroatoms. The van der Waals surface area contributed by atoms with Crippen molar-refractivity contribution in [1.29, 1.82) is 0 Å². The van der Waals surface area contributed by atoms with Gasteiger partial charge in [-0.2, -0.15) is 0 Å². The van der Waals surface area contributed by atoms with Gasteiger partial charge in [-0.15, -0.1) is 10.2 Å². The summed E-state index contributed by atoms with van der Waals surface area (Å²) in [5, 5.41) is 8.03. The van der Waals surface area contributed by atoms with E-state index in [1.165, 1.54) is 0 Å². The fourth-order valence-electron chi connectivity index (χ4n) is 1.86. The van der Waals surface area contributed by atoms with E-state index >= 15 is 0 Å². The number of nitrogens with two attached hydrogens (primary N) is 1. The minimum absolute atomic E-state index is 0.0882. The average molecular weight is 273 g/mol. The highest BCUT2D eigenvalue weighted by atomic mass is 16.5. The summed E-state index contributed by atoms with van der Waals surface area (Å²) in [6.07, 6.45) is 0.0882. The minimum Gasteiger partial charge on any atom is -0.491 e. The molecule has 0 aliphatic carbocycles. The van der Waals surface area contributed by atoms with Gasteiger partial charge in [0.2, 0.25) is 5.88 Å². The molecule has 2 rings (SSSR count). The molecular formula is C15H19N3O2. The number of ether oxygens (including phenoxy) is 2. The summed E-state index contributed by atoms with van der Waals surface area (Å²) in [6.45, 7) is 3.96. The molecule has 1 aromatic heterocycles. The van der Waals surface area contributed by atoms with Gasteiger partial charge in [-0.05, 0) is 26.0 Å². The van der Waals surface area contributed by atoms with Gasteiger partial charge in [0.1, 0.15) is 5.75 Å². The fourth-order valence-corrected chi connectivity index (χ4v) is 1.86. The summed E-state index contributed by atoms with van der Waals surface area (Å²) in [5.41, 5.74) is 7.82. The molecule has 1 unspecified atom stereocenters. The van der Waals surface area contributed by atoms with Crippen molar-refractivity contribution in [2.45, 2.75) is 26.0 Å². The van der Waals surface area contributed by atoms with E-state index in [0.29, 0.717) is 11.6 Å². The molecule has 0 spiro atoms. The van der Waals surface area contributed by atoms with E-state index in [-0.39, 0.29) is 12.1 Å². The van der Waals surface area contributed by atoms with Crippen LogP contribution >= 0.6 is 0 Å². The first-order valence-electron chi connectivity index (χ1n) is 6.50. The van der Waals surface area contributed by atoms with Crippen LogP contribution in [0.25, 0.3) is 0 Å². The Balaban J connectivity index is 2.29. The van der Waals surface area contributed by atoms with Crippen LogP contribution in [0.1, 0.15) is 31.1 Å². The second kappa shape index (κ2) is 6.34. The summed E-state index contributed by atoms with van der Waals surface area (Å²) >= 11 is 0. The van der Waals surface area contributed by atoms with Gasteiger partial charge < -0.3 is 15.2 Å². The van der Waals surface area contributed by atoms with Gasteiger partial charge in [-0.3, -0.25) is 0 Å². The molecule has 0 fully saturated rings. The zero-order chi connectivity index (χ0) is 14.5. The Morgan fingerprint density at radius 2 is 1.80 bits per heavy atom. The highest BCUT2D eigenvalue weighted by Gasteiger charge is 2.16. The van der Waals surface area contributed by atoms with Crippen LogP contribution in [0.3, 0.4) is 0 Å². The maximum atomic E-state index is 6.26. The first kappa shape index (κ1) is 14.3. The van der Waals surface area contributed by atoms with Crippen molar-refractivity contribution in [3.8, 4) is 11.6 Å². The number of aromatic nitrogens is 2. The summed E-state index contributed by atoms with van der Waals surface area (Å²) < 4.78 is 10.8. The number of rotatable bonds is 5. The molecule has 0 aliphatic rings. The minimum atomic E-state index is -0.386. The molecule has 0 amide bonds.